The zero-order valence-corrected chi connectivity index (χ0v) is 22.4. The summed E-state index contributed by atoms with van der Waals surface area (Å²) in [5, 5.41) is 8.95. The van der Waals surface area contributed by atoms with Gasteiger partial charge in [-0.05, 0) is 55.4 Å². The molecule has 0 radical (unpaired) electrons. The molecular formula is C27H38F3N3O3S. The third kappa shape index (κ3) is 9.23. The Morgan fingerprint density at radius 3 is 2.35 bits per heavy atom. The van der Waals surface area contributed by atoms with Gasteiger partial charge in [0.1, 0.15) is 5.78 Å². The van der Waals surface area contributed by atoms with Gasteiger partial charge in [0, 0.05) is 36.0 Å². The molecule has 0 spiro atoms. The number of anilines is 1. The van der Waals surface area contributed by atoms with Crippen molar-refractivity contribution < 1.29 is 27.6 Å². The van der Waals surface area contributed by atoms with E-state index in [9.17, 15) is 27.6 Å². The number of urea groups is 1. The number of Topliss-reactive ketones (excluding diaryl/α,β-unsaturated/α-hetero) is 1. The second-order valence-electron chi connectivity index (χ2n) is 10.4. The van der Waals surface area contributed by atoms with Gasteiger partial charge in [-0.1, -0.05) is 33.1 Å². The number of benzene rings is 1. The Balaban J connectivity index is 1.24. The van der Waals surface area contributed by atoms with Gasteiger partial charge < -0.3 is 16.0 Å². The maximum Gasteiger partial charge on any atom is 0.416 e. The lowest BCUT2D eigenvalue weighted by Gasteiger charge is -2.16. The van der Waals surface area contributed by atoms with Crippen LogP contribution in [0.1, 0.15) is 95.1 Å². The largest absolute Gasteiger partial charge is 0.416 e. The lowest BCUT2D eigenvalue weighted by Crippen LogP contribution is -2.36. The molecule has 3 unspecified atom stereocenters. The third-order valence-electron chi connectivity index (χ3n) is 6.97. The Labute approximate surface area is 221 Å². The molecule has 37 heavy (non-hydrogen) atoms. The zero-order chi connectivity index (χ0) is 27.0. The summed E-state index contributed by atoms with van der Waals surface area (Å²) in [5.74, 6) is 0.813. The Bertz CT molecular complexity index is 955. The summed E-state index contributed by atoms with van der Waals surface area (Å²) in [6, 6.07) is 4.05. The van der Waals surface area contributed by atoms with E-state index in [1.54, 1.807) is 6.07 Å². The molecule has 0 saturated carbocycles. The smallest absolute Gasteiger partial charge is 0.332 e. The maximum atomic E-state index is 13.2. The predicted molar refractivity (Wildman–Crippen MR) is 141 cm³/mol. The fourth-order valence-electron chi connectivity index (χ4n) is 4.84. The quantitative estimate of drug-likeness (QED) is 0.188. The summed E-state index contributed by atoms with van der Waals surface area (Å²) in [4.78, 5) is 35.8. The fourth-order valence-corrected chi connectivity index (χ4v) is 6.38. The number of rotatable bonds is 14. The second kappa shape index (κ2) is 13.5. The third-order valence-corrected chi connectivity index (χ3v) is 8.48. The number of ketones is 1. The first-order valence-corrected chi connectivity index (χ1v) is 14.3. The molecule has 1 aromatic carbocycles. The average molecular weight is 542 g/mol. The molecular weight excluding hydrogens is 503 g/mol. The molecule has 0 aliphatic carbocycles. The Morgan fingerprint density at radius 2 is 1.68 bits per heavy atom. The van der Waals surface area contributed by atoms with E-state index in [1.165, 1.54) is 0 Å². The van der Waals surface area contributed by atoms with Gasteiger partial charge in [-0.2, -0.15) is 24.9 Å². The van der Waals surface area contributed by atoms with Crippen LogP contribution in [0.15, 0.2) is 18.2 Å². The number of unbranched alkanes of at least 4 members (excludes halogenated alkanes) is 4. The van der Waals surface area contributed by atoms with Crippen molar-refractivity contribution in [3.05, 3.63) is 29.3 Å². The standard InChI is InChI=1S/C27H38F3N3O3S/c1-17(2)18-13-19(27(28,29)30)15-20(14-18)31-24(35)12-6-4-3-5-9-21(34)10-7-8-11-23-25-22(16-37-23)32-26(36)33-25/h13-15,17,22-23,25H,3-12,16H2,1-2H3,(H,31,35)(H2,32,33,36). The van der Waals surface area contributed by atoms with Crippen LogP contribution in [-0.2, 0) is 15.8 Å². The van der Waals surface area contributed by atoms with E-state index >= 15 is 0 Å². The molecule has 6 nitrogen and oxygen atoms in total. The lowest BCUT2D eigenvalue weighted by molar-refractivity contribution is -0.137. The molecule has 3 rings (SSSR count). The first kappa shape index (κ1) is 29.3. The van der Waals surface area contributed by atoms with Crippen LogP contribution in [0, 0.1) is 0 Å². The molecule has 0 bridgehead atoms. The van der Waals surface area contributed by atoms with E-state index in [-0.39, 0.29) is 47.8 Å². The predicted octanol–water partition coefficient (Wildman–Crippen LogP) is 6.40. The number of nitrogens with one attached hydrogen (secondary N) is 3. The molecule has 0 aromatic heterocycles. The van der Waals surface area contributed by atoms with Crippen LogP contribution < -0.4 is 16.0 Å². The SMILES string of the molecule is CC(C)c1cc(NC(=O)CCCCCCC(=O)CCCCC2SCC3NC(=O)NC32)cc(C(F)(F)F)c1. The van der Waals surface area contributed by atoms with E-state index in [1.807, 2.05) is 25.6 Å². The summed E-state index contributed by atoms with van der Waals surface area (Å²) in [7, 11) is 0. The van der Waals surface area contributed by atoms with E-state index in [2.05, 4.69) is 16.0 Å². The van der Waals surface area contributed by atoms with Gasteiger partial charge in [0.05, 0.1) is 17.6 Å². The van der Waals surface area contributed by atoms with E-state index < -0.39 is 11.7 Å². The molecule has 2 saturated heterocycles. The number of carbonyl (C=O) groups excluding carboxylic acids is 3. The molecule has 3 N–H and O–H groups in total. The highest BCUT2D eigenvalue weighted by molar-refractivity contribution is 8.00. The molecule has 3 atom stereocenters. The minimum Gasteiger partial charge on any atom is -0.332 e. The van der Waals surface area contributed by atoms with Crippen molar-refractivity contribution in [1.82, 2.24) is 10.6 Å². The number of hydrogen-bond donors (Lipinski definition) is 3. The summed E-state index contributed by atoms with van der Waals surface area (Å²) in [6.07, 6.45) is 2.77. The highest BCUT2D eigenvalue weighted by Gasteiger charge is 2.42. The van der Waals surface area contributed by atoms with Crippen molar-refractivity contribution >= 4 is 35.2 Å². The van der Waals surface area contributed by atoms with Crippen LogP contribution in [0.5, 0.6) is 0 Å². The van der Waals surface area contributed by atoms with Crippen molar-refractivity contribution in [3.8, 4) is 0 Å². The van der Waals surface area contributed by atoms with Gasteiger partial charge >= 0.3 is 12.2 Å². The van der Waals surface area contributed by atoms with Crippen LogP contribution in [-0.4, -0.2) is 40.8 Å². The molecule has 1 aromatic rings. The van der Waals surface area contributed by atoms with E-state index in [0.717, 1.165) is 56.4 Å². The fraction of sp³-hybridized carbons (Fsp3) is 0.667. The van der Waals surface area contributed by atoms with E-state index in [4.69, 9.17) is 0 Å². The lowest BCUT2D eigenvalue weighted by atomic mass is 9.99. The van der Waals surface area contributed by atoms with Crippen LogP contribution in [0.4, 0.5) is 23.7 Å². The van der Waals surface area contributed by atoms with Gasteiger partial charge in [0.25, 0.3) is 0 Å². The van der Waals surface area contributed by atoms with Gasteiger partial charge in [-0.3, -0.25) is 9.59 Å². The van der Waals surface area contributed by atoms with Crippen LogP contribution in [0.3, 0.4) is 0 Å². The van der Waals surface area contributed by atoms with Gasteiger partial charge in [0.15, 0.2) is 0 Å². The highest BCUT2D eigenvalue weighted by Crippen LogP contribution is 2.34. The van der Waals surface area contributed by atoms with Gasteiger partial charge in [0.2, 0.25) is 5.91 Å². The molecule has 2 aliphatic rings. The molecule has 3 amide bonds. The Kier molecular flexibility index (Phi) is 10.7. The number of alkyl halides is 3. The van der Waals surface area contributed by atoms with Gasteiger partial charge in [-0.25, -0.2) is 4.79 Å². The summed E-state index contributed by atoms with van der Waals surface area (Å²) < 4.78 is 39.5. The number of amides is 3. The first-order chi connectivity index (χ1) is 17.5. The normalized spacial score (nSPS) is 21.0. The molecule has 10 heteroatoms. The molecule has 2 fully saturated rings. The number of fused-ring (bicyclic) bond motifs is 1. The summed E-state index contributed by atoms with van der Waals surface area (Å²) in [6.45, 7) is 3.62. The number of thioether (sulfide) groups is 1. The number of hydrogen-bond acceptors (Lipinski definition) is 4. The monoisotopic (exact) mass is 541 g/mol. The number of carbonyl (C=O) groups is 3. The van der Waals surface area contributed by atoms with Crippen molar-refractivity contribution in [1.29, 1.82) is 0 Å². The van der Waals surface area contributed by atoms with Gasteiger partial charge in [-0.15, -0.1) is 0 Å². The minimum absolute atomic E-state index is 0.0768. The van der Waals surface area contributed by atoms with Crippen molar-refractivity contribution in [2.45, 2.75) is 107 Å². The average Bonchev–Trinajstić information content (AvgIpc) is 3.37. The molecule has 2 heterocycles. The van der Waals surface area contributed by atoms with Crippen LogP contribution >= 0.6 is 11.8 Å². The minimum atomic E-state index is -4.47. The zero-order valence-electron chi connectivity index (χ0n) is 21.6. The second-order valence-corrected chi connectivity index (χ2v) is 11.6. The summed E-state index contributed by atoms with van der Waals surface area (Å²) >= 11 is 1.89. The van der Waals surface area contributed by atoms with Crippen molar-refractivity contribution in [3.63, 3.8) is 0 Å². The summed E-state index contributed by atoms with van der Waals surface area (Å²) in [5.41, 5.74) is -0.0602. The Hall–Kier alpha value is -2.23. The van der Waals surface area contributed by atoms with Crippen LogP contribution in [0.2, 0.25) is 0 Å². The Morgan fingerprint density at radius 1 is 1.00 bits per heavy atom. The highest BCUT2D eigenvalue weighted by atomic mass is 32.2. The molecule has 2 aliphatic heterocycles. The van der Waals surface area contributed by atoms with Crippen LogP contribution in [0.25, 0.3) is 0 Å². The number of halogens is 3. The molecule has 206 valence electrons. The van der Waals surface area contributed by atoms with Crippen molar-refractivity contribution in [2.75, 3.05) is 11.1 Å². The van der Waals surface area contributed by atoms with Crippen molar-refractivity contribution in [2.24, 2.45) is 0 Å². The van der Waals surface area contributed by atoms with E-state index in [0.29, 0.717) is 30.1 Å². The topological polar surface area (TPSA) is 87.3 Å². The maximum absolute atomic E-state index is 13.2. The first-order valence-electron chi connectivity index (χ1n) is 13.3.